The molecule has 0 bridgehead atoms. The van der Waals surface area contributed by atoms with E-state index in [-0.39, 0.29) is 0 Å². The molecular formula is C10H10F2O4S. The van der Waals surface area contributed by atoms with Crippen LogP contribution in [0.1, 0.15) is 6.92 Å². The molecule has 0 saturated carbocycles. The minimum Gasteiger partial charge on any atom is -0.468 e. The van der Waals surface area contributed by atoms with E-state index in [4.69, 9.17) is 0 Å². The van der Waals surface area contributed by atoms with E-state index in [2.05, 4.69) is 4.74 Å². The molecule has 1 atom stereocenters. The zero-order chi connectivity index (χ0) is 13.2. The molecule has 0 heterocycles. The van der Waals surface area contributed by atoms with Gasteiger partial charge in [0.2, 0.25) is 0 Å². The number of sulfone groups is 1. The van der Waals surface area contributed by atoms with Crippen LogP contribution >= 0.6 is 0 Å². The van der Waals surface area contributed by atoms with E-state index in [0.29, 0.717) is 12.1 Å². The van der Waals surface area contributed by atoms with Crippen LogP contribution in [0.2, 0.25) is 0 Å². The molecule has 4 nitrogen and oxygen atoms in total. The molecule has 0 saturated heterocycles. The first kappa shape index (κ1) is 13.6. The van der Waals surface area contributed by atoms with E-state index in [1.807, 2.05) is 0 Å². The summed E-state index contributed by atoms with van der Waals surface area (Å²) in [7, 11) is -3.28. The van der Waals surface area contributed by atoms with E-state index in [1.165, 1.54) is 0 Å². The van der Waals surface area contributed by atoms with Crippen LogP contribution in [-0.4, -0.2) is 26.7 Å². The summed E-state index contributed by atoms with van der Waals surface area (Å²) in [5.41, 5.74) is 0. The van der Waals surface area contributed by atoms with Crippen LogP contribution in [0.25, 0.3) is 0 Å². The largest absolute Gasteiger partial charge is 0.468 e. The molecule has 1 aromatic carbocycles. The van der Waals surface area contributed by atoms with Gasteiger partial charge in [0.15, 0.2) is 15.1 Å². The zero-order valence-corrected chi connectivity index (χ0v) is 9.92. The molecule has 1 unspecified atom stereocenters. The quantitative estimate of drug-likeness (QED) is 0.772. The van der Waals surface area contributed by atoms with Gasteiger partial charge < -0.3 is 4.74 Å². The Hall–Kier alpha value is -1.50. The molecule has 0 aromatic heterocycles. The summed E-state index contributed by atoms with van der Waals surface area (Å²) in [6, 6.07) is 2.01. The zero-order valence-electron chi connectivity index (χ0n) is 9.11. The minimum absolute atomic E-state index is 0.532. The van der Waals surface area contributed by atoms with Gasteiger partial charge in [-0.1, -0.05) is 0 Å². The fraction of sp³-hybridized carbons (Fsp3) is 0.300. The number of ether oxygens (including phenoxy) is 1. The lowest BCUT2D eigenvalue weighted by atomic mass is 10.3. The van der Waals surface area contributed by atoms with Crippen LogP contribution in [0.15, 0.2) is 23.1 Å². The third kappa shape index (κ3) is 2.60. The normalized spacial score (nSPS) is 13.2. The average Bonchev–Trinajstić information content (AvgIpc) is 2.30. The molecule has 1 rings (SSSR count). The number of hydrogen-bond acceptors (Lipinski definition) is 4. The monoisotopic (exact) mass is 264 g/mol. The Morgan fingerprint density at radius 1 is 1.35 bits per heavy atom. The third-order valence-electron chi connectivity index (χ3n) is 2.20. The Morgan fingerprint density at radius 2 is 1.94 bits per heavy atom. The summed E-state index contributed by atoms with van der Waals surface area (Å²) in [5, 5.41) is -1.59. The number of benzene rings is 1. The Balaban J connectivity index is 3.31. The Morgan fingerprint density at radius 3 is 2.47 bits per heavy atom. The van der Waals surface area contributed by atoms with Crippen molar-refractivity contribution < 1.29 is 26.7 Å². The maximum Gasteiger partial charge on any atom is 0.324 e. The summed E-state index contributed by atoms with van der Waals surface area (Å²) >= 11 is 0. The highest BCUT2D eigenvalue weighted by molar-refractivity contribution is 7.92. The van der Waals surface area contributed by atoms with E-state index in [0.717, 1.165) is 20.1 Å². The van der Waals surface area contributed by atoms with Crippen LogP contribution in [-0.2, 0) is 19.4 Å². The van der Waals surface area contributed by atoms with Crippen LogP contribution in [0, 0.1) is 11.6 Å². The van der Waals surface area contributed by atoms with Gasteiger partial charge in [0.25, 0.3) is 0 Å². The van der Waals surface area contributed by atoms with Gasteiger partial charge in [-0.3, -0.25) is 4.79 Å². The molecule has 0 aliphatic rings. The number of carbonyl (C=O) groups is 1. The van der Waals surface area contributed by atoms with Gasteiger partial charge in [-0.15, -0.1) is 0 Å². The number of carbonyl (C=O) groups excluding carboxylic acids is 1. The third-order valence-corrected chi connectivity index (χ3v) is 4.25. The van der Waals surface area contributed by atoms with Crippen molar-refractivity contribution in [2.24, 2.45) is 0 Å². The highest BCUT2D eigenvalue weighted by atomic mass is 32.2. The second kappa shape index (κ2) is 4.79. The molecule has 94 valence electrons. The summed E-state index contributed by atoms with van der Waals surface area (Å²) in [6.45, 7) is 1.05. The number of rotatable bonds is 3. The molecule has 0 N–H and O–H groups in total. The van der Waals surface area contributed by atoms with Gasteiger partial charge in [0.05, 0.1) is 7.11 Å². The molecule has 0 aliphatic carbocycles. The fourth-order valence-electron chi connectivity index (χ4n) is 1.18. The lowest BCUT2D eigenvalue weighted by molar-refractivity contribution is -0.139. The second-order valence-corrected chi connectivity index (χ2v) is 5.52. The number of hydrogen-bond donors (Lipinski definition) is 0. The van der Waals surface area contributed by atoms with Crippen molar-refractivity contribution in [1.29, 1.82) is 0 Å². The van der Waals surface area contributed by atoms with Crippen molar-refractivity contribution in [1.82, 2.24) is 0 Å². The second-order valence-electron chi connectivity index (χ2n) is 3.29. The Kier molecular flexibility index (Phi) is 3.82. The van der Waals surface area contributed by atoms with Gasteiger partial charge >= 0.3 is 5.97 Å². The summed E-state index contributed by atoms with van der Waals surface area (Å²) in [4.78, 5) is 10.3. The minimum atomic E-state index is -4.29. The maximum atomic E-state index is 13.3. The van der Waals surface area contributed by atoms with Crippen molar-refractivity contribution in [2.75, 3.05) is 7.11 Å². The Bertz CT molecular complexity index is 539. The van der Waals surface area contributed by atoms with E-state index < -0.39 is 37.6 Å². The fourth-order valence-corrected chi connectivity index (χ4v) is 2.53. The number of methoxy groups -OCH3 is 1. The van der Waals surface area contributed by atoms with Crippen molar-refractivity contribution in [2.45, 2.75) is 17.1 Å². The van der Waals surface area contributed by atoms with Crippen molar-refractivity contribution in [3.63, 3.8) is 0 Å². The first-order chi connectivity index (χ1) is 7.80. The number of esters is 1. The lowest BCUT2D eigenvalue weighted by Gasteiger charge is -2.11. The molecule has 7 heteroatoms. The van der Waals surface area contributed by atoms with Gasteiger partial charge in [0.1, 0.15) is 16.5 Å². The molecule has 0 amide bonds. The summed E-state index contributed by atoms with van der Waals surface area (Å²) in [5.74, 6) is -3.04. The molecule has 0 spiro atoms. The molecule has 1 aromatic rings. The van der Waals surface area contributed by atoms with E-state index in [9.17, 15) is 22.0 Å². The summed E-state index contributed by atoms with van der Waals surface area (Å²) in [6.07, 6.45) is 0. The van der Waals surface area contributed by atoms with Gasteiger partial charge in [-0.25, -0.2) is 17.2 Å². The van der Waals surface area contributed by atoms with Crippen molar-refractivity contribution in [3.8, 4) is 0 Å². The lowest BCUT2D eigenvalue weighted by Crippen LogP contribution is -2.29. The van der Waals surface area contributed by atoms with Crippen LogP contribution in [0.4, 0.5) is 8.78 Å². The SMILES string of the molecule is COC(=O)C(C)S(=O)(=O)c1cc(F)ccc1F. The smallest absolute Gasteiger partial charge is 0.324 e. The number of halogens is 2. The predicted molar refractivity (Wildman–Crippen MR) is 55.0 cm³/mol. The average molecular weight is 264 g/mol. The molecule has 17 heavy (non-hydrogen) atoms. The highest BCUT2D eigenvalue weighted by Crippen LogP contribution is 2.21. The van der Waals surface area contributed by atoms with Crippen LogP contribution in [0.3, 0.4) is 0 Å². The van der Waals surface area contributed by atoms with Gasteiger partial charge in [0, 0.05) is 0 Å². The van der Waals surface area contributed by atoms with Crippen LogP contribution < -0.4 is 0 Å². The molecule has 0 aliphatic heterocycles. The predicted octanol–water partition coefficient (Wildman–Crippen LogP) is 1.30. The van der Waals surface area contributed by atoms with Gasteiger partial charge in [-0.05, 0) is 25.1 Å². The van der Waals surface area contributed by atoms with E-state index in [1.54, 1.807) is 0 Å². The van der Waals surface area contributed by atoms with E-state index >= 15 is 0 Å². The standard InChI is InChI=1S/C10H10F2O4S/c1-6(10(13)16-2)17(14,15)9-5-7(11)3-4-8(9)12/h3-6H,1-2H3. The van der Waals surface area contributed by atoms with Crippen molar-refractivity contribution in [3.05, 3.63) is 29.8 Å². The molecule has 0 radical (unpaired) electrons. The summed E-state index contributed by atoms with van der Waals surface area (Å²) < 4.78 is 54.0. The Labute approximate surface area is 97.1 Å². The first-order valence-electron chi connectivity index (χ1n) is 4.57. The maximum absolute atomic E-state index is 13.3. The molecule has 0 fully saturated rings. The van der Waals surface area contributed by atoms with Crippen molar-refractivity contribution >= 4 is 15.8 Å². The highest BCUT2D eigenvalue weighted by Gasteiger charge is 2.33. The van der Waals surface area contributed by atoms with Crippen LogP contribution in [0.5, 0.6) is 0 Å². The topological polar surface area (TPSA) is 60.4 Å². The molecular weight excluding hydrogens is 254 g/mol. The van der Waals surface area contributed by atoms with Gasteiger partial charge in [-0.2, -0.15) is 0 Å². The first-order valence-corrected chi connectivity index (χ1v) is 6.12.